The summed E-state index contributed by atoms with van der Waals surface area (Å²) in [5.74, 6) is 0. The van der Waals surface area contributed by atoms with Gasteiger partial charge in [-0.3, -0.25) is 0 Å². The van der Waals surface area contributed by atoms with Gasteiger partial charge in [-0.15, -0.1) is 0 Å². The SMILES string of the molecule is CC1(C)CCC(Nc2ccsc2)CC1. The average Bonchev–Trinajstić information content (AvgIpc) is 2.61. The molecule has 0 aliphatic heterocycles. The maximum Gasteiger partial charge on any atom is 0.0450 e. The van der Waals surface area contributed by atoms with Crippen LogP contribution in [0.1, 0.15) is 39.5 Å². The van der Waals surface area contributed by atoms with Crippen molar-refractivity contribution in [2.75, 3.05) is 5.32 Å². The molecule has 0 radical (unpaired) electrons. The molecule has 1 aliphatic rings. The number of anilines is 1. The van der Waals surface area contributed by atoms with Crippen LogP contribution in [0, 0.1) is 5.41 Å². The van der Waals surface area contributed by atoms with Gasteiger partial charge in [0, 0.05) is 17.1 Å². The summed E-state index contributed by atoms with van der Waals surface area (Å²) in [5, 5.41) is 7.94. The monoisotopic (exact) mass is 209 g/mol. The van der Waals surface area contributed by atoms with E-state index in [4.69, 9.17) is 0 Å². The van der Waals surface area contributed by atoms with Crippen molar-refractivity contribution < 1.29 is 0 Å². The molecule has 0 amide bonds. The third-order valence-electron chi connectivity index (χ3n) is 3.23. The number of hydrogen-bond donors (Lipinski definition) is 1. The van der Waals surface area contributed by atoms with Gasteiger partial charge in [-0.25, -0.2) is 0 Å². The highest BCUT2D eigenvalue weighted by atomic mass is 32.1. The molecule has 0 spiro atoms. The van der Waals surface area contributed by atoms with Crippen LogP contribution in [0.2, 0.25) is 0 Å². The molecule has 1 heterocycles. The van der Waals surface area contributed by atoms with Gasteiger partial charge in [0.25, 0.3) is 0 Å². The molecule has 0 saturated heterocycles. The fraction of sp³-hybridized carbons (Fsp3) is 0.667. The van der Waals surface area contributed by atoms with Crippen LogP contribution in [0.4, 0.5) is 5.69 Å². The van der Waals surface area contributed by atoms with Gasteiger partial charge in [0.1, 0.15) is 0 Å². The Hall–Kier alpha value is -0.500. The first-order valence-electron chi connectivity index (χ1n) is 5.44. The molecular formula is C12H19NS. The van der Waals surface area contributed by atoms with Crippen LogP contribution in [0.3, 0.4) is 0 Å². The fourth-order valence-electron chi connectivity index (χ4n) is 2.13. The molecule has 1 aromatic heterocycles. The van der Waals surface area contributed by atoms with E-state index >= 15 is 0 Å². The second-order valence-electron chi connectivity index (χ2n) is 5.09. The second kappa shape index (κ2) is 3.93. The van der Waals surface area contributed by atoms with Crippen molar-refractivity contribution in [2.24, 2.45) is 5.41 Å². The molecule has 1 fully saturated rings. The first kappa shape index (κ1) is 10.0. The zero-order valence-corrected chi connectivity index (χ0v) is 9.86. The van der Waals surface area contributed by atoms with Crippen LogP contribution in [0.5, 0.6) is 0 Å². The Bertz CT molecular complexity index is 267. The van der Waals surface area contributed by atoms with Gasteiger partial charge in [0.2, 0.25) is 0 Å². The molecule has 0 unspecified atom stereocenters. The largest absolute Gasteiger partial charge is 0.382 e. The Balaban J connectivity index is 1.85. The van der Waals surface area contributed by atoms with E-state index in [0.29, 0.717) is 11.5 Å². The zero-order chi connectivity index (χ0) is 10.0. The van der Waals surface area contributed by atoms with Crippen LogP contribution in [0.15, 0.2) is 16.8 Å². The second-order valence-corrected chi connectivity index (χ2v) is 5.87. The molecule has 0 atom stereocenters. The lowest BCUT2D eigenvalue weighted by Gasteiger charge is -2.34. The van der Waals surface area contributed by atoms with E-state index in [1.807, 2.05) is 0 Å². The highest BCUT2D eigenvalue weighted by Crippen LogP contribution is 2.36. The van der Waals surface area contributed by atoms with Crippen molar-refractivity contribution in [1.82, 2.24) is 0 Å². The number of thiophene rings is 1. The van der Waals surface area contributed by atoms with E-state index in [1.165, 1.54) is 31.4 Å². The van der Waals surface area contributed by atoms with Gasteiger partial charge >= 0.3 is 0 Å². The van der Waals surface area contributed by atoms with Crippen LogP contribution >= 0.6 is 11.3 Å². The summed E-state index contributed by atoms with van der Waals surface area (Å²) in [6.07, 6.45) is 5.36. The molecule has 0 bridgehead atoms. The first-order chi connectivity index (χ1) is 6.66. The Morgan fingerprint density at radius 2 is 2.07 bits per heavy atom. The Labute approximate surface area is 90.5 Å². The molecule has 14 heavy (non-hydrogen) atoms. The average molecular weight is 209 g/mol. The lowest BCUT2D eigenvalue weighted by molar-refractivity contribution is 0.232. The van der Waals surface area contributed by atoms with E-state index in [-0.39, 0.29) is 0 Å². The zero-order valence-electron chi connectivity index (χ0n) is 9.05. The van der Waals surface area contributed by atoms with Gasteiger partial charge in [-0.1, -0.05) is 13.8 Å². The molecule has 1 saturated carbocycles. The van der Waals surface area contributed by atoms with Gasteiger partial charge in [-0.05, 0) is 42.5 Å². The molecule has 2 heteroatoms. The number of rotatable bonds is 2. The smallest absolute Gasteiger partial charge is 0.0450 e. The van der Waals surface area contributed by atoms with Crippen molar-refractivity contribution in [3.05, 3.63) is 16.8 Å². The Kier molecular flexibility index (Phi) is 2.82. The van der Waals surface area contributed by atoms with Crippen molar-refractivity contribution in [3.8, 4) is 0 Å². The highest BCUT2D eigenvalue weighted by Gasteiger charge is 2.26. The fourth-order valence-corrected chi connectivity index (χ4v) is 2.72. The van der Waals surface area contributed by atoms with E-state index < -0.39 is 0 Å². The lowest BCUT2D eigenvalue weighted by Crippen LogP contribution is -2.29. The highest BCUT2D eigenvalue weighted by molar-refractivity contribution is 7.08. The predicted molar refractivity (Wildman–Crippen MR) is 64.0 cm³/mol. The van der Waals surface area contributed by atoms with Crippen molar-refractivity contribution in [3.63, 3.8) is 0 Å². The van der Waals surface area contributed by atoms with Gasteiger partial charge in [0.05, 0.1) is 0 Å². The summed E-state index contributed by atoms with van der Waals surface area (Å²) in [6.45, 7) is 4.77. The molecule has 2 rings (SSSR count). The minimum atomic E-state index is 0.576. The molecule has 1 aromatic rings. The molecular weight excluding hydrogens is 190 g/mol. The first-order valence-corrected chi connectivity index (χ1v) is 6.39. The van der Waals surface area contributed by atoms with E-state index in [2.05, 4.69) is 36.0 Å². The van der Waals surface area contributed by atoms with Crippen LogP contribution in [-0.2, 0) is 0 Å². The molecule has 0 aromatic carbocycles. The van der Waals surface area contributed by atoms with Crippen molar-refractivity contribution in [2.45, 2.75) is 45.6 Å². The maximum absolute atomic E-state index is 3.61. The Morgan fingerprint density at radius 3 is 2.64 bits per heavy atom. The van der Waals surface area contributed by atoms with Crippen LogP contribution in [-0.4, -0.2) is 6.04 Å². The standard InChI is InChI=1S/C12H19NS/c1-12(2)6-3-10(4-7-12)13-11-5-8-14-9-11/h5,8-10,13H,3-4,6-7H2,1-2H3. The van der Waals surface area contributed by atoms with Crippen LogP contribution < -0.4 is 5.32 Å². The summed E-state index contributed by atoms with van der Waals surface area (Å²) >= 11 is 1.77. The van der Waals surface area contributed by atoms with E-state index in [9.17, 15) is 0 Å². The summed E-state index contributed by atoms with van der Waals surface area (Å²) < 4.78 is 0. The maximum atomic E-state index is 3.61. The van der Waals surface area contributed by atoms with Gasteiger partial charge < -0.3 is 5.32 Å². The molecule has 1 aliphatic carbocycles. The summed E-state index contributed by atoms with van der Waals surface area (Å²) in [7, 11) is 0. The van der Waals surface area contributed by atoms with E-state index in [0.717, 1.165) is 0 Å². The predicted octanol–water partition coefficient (Wildman–Crippen LogP) is 4.13. The summed E-state index contributed by atoms with van der Waals surface area (Å²) in [5.41, 5.74) is 1.88. The molecule has 1 nitrogen and oxygen atoms in total. The normalized spacial score (nSPS) is 22.1. The van der Waals surface area contributed by atoms with Crippen molar-refractivity contribution >= 4 is 17.0 Å². The van der Waals surface area contributed by atoms with Gasteiger partial charge in [0.15, 0.2) is 0 Å². The van der Waals surface area contributed by atoms with E-state index in [1.54, 1.807) is 11.3 Å². The van der Waals surface area contributed by atoms with Crippen molar-refractivity contribution in [1.29, 1.82) is 0 Å². The topological polar surface area (TPSA) is 12.0 Å². The minimum absolute atomic E-state index is 0.576. The summed E-state index contributed by atoms with van der Waals surface area (Å²) in [6, 6.07) is 2.88. The third-order valence-corrected chi connectivity index (χ3v) is 3.91. The quantitative estimate of drug-likeness (QED) is 0.772. The minimum Gasteiger partial charge on any atom is -0.382 e. The Morgan fingerprint density at radius 1 is 1.36 bits per heavy atom. The lowest BCUT2D eigenvalue weighted by atomic mass is 9.75. The molecule has 1 N–H and O–H groups in total. The number of nitrogens with one attached hydrogen (secondary N) is 1. The summed E-state index contributed by atoms with van der Waals surface area (Å²) in [4.78, 5) is 0. The van der Waals surface area contributed by atoms with Gasteiger partial charge in [-0.2, -0.15) is 11.3 Å². The number of hydrogen-bond acceptors (Lipinski definition) is 2. The van der Waals surface area contributed by atoms with Crippen LogP contribution in [0.25, 0.3) is 0 Å². The third kappa shape index (κ3) is 2.50. The molecule has 78 valence electrons.